The van der Waals surface area contributed by atoms with Crippen LogP contribution in [-0.2, 0) is 19.0 Å². The number of rotatable bonds is 4. The first-order valence-electron chi connectivity index (χ1n) is 5.60. The Kier molecular flexibility index (Phi) is 4.14. The van der Waals surface area contributed by atoms with E-state index in [-0.39, 0.29) is 13.2 Å². The standard InChI is InChI=1S/C11H20O6/c1-5-15-9(13)11(4,14)8(12)7-6-16-10(2,3)17-7/h7-8,12,14H,5-6H2,1-4H3. The summed E-state index contributed by atoms with van der Waals surface area (Å²) >= 11 is 0. The Morgan fingerprint density at radius 3 is 2.65 bits per heavy atom. The lowest BCUT2D eigenvalue weighted by Crippen LogP contribution is -2.54. The van der Waals surface area contributed by atoms with Crippen LogP contribution in [0.5, 0.6) is 0 Å². The predicted octanol–water partition coefficient (Wildman–Crippen LogP) is -0.187. The van der Waals surface area contributed by atoms with Crippen LogP contribution >= 0.6 is 0 Å². The van der Waals surface area contributed by atoms with E-state index in [9.17, 15) is 15.0 Å². The molecule has 0 aliphatic carbocycles. The van der Waals surface area contributed by atoms with Crippen molar-refractivity contribution in [2.24, 2.45) is 0 Å². The molecule has 1 fully saturated rings. The zero-order chi connectivity index (χ0) is 13.3. The molecule has 17 heavy (non-hydrogen) atoms. The van der Waals surface area contributed by atoms with Crippen LogP contribution in [0.4, 0.5) is 0 Å². The van der Waals surface area contributed by atoms with Crippen LogP contribution in [-0.4, -0.2) is 53.0 Å². The summed E-state index contributed by atoms with van der Waals surface area (Å²) in [5.74, 6) is -1.70. The first-order valence-corrected chi connectivity index (χ1v) is 5.60. The summed E-state index contributed by atoms with van der Waals surface area (Å²) in [6, 6.07) is 0. The van der Waals surface area contributed by atoms with Crippen molar-refractivity contribution in [2.45, 2.75) is 51.3 Å². The molecule has 6 heteroatoms. The third-order valence-corrected chi connectivity index (χ3v) is 2.65. The van der Waals surface area contributed by atoms with E-state index in [4.69, 9.17) is 14.2 Å². The van der Waals surface area contributed by atoms with E-state index in [0.717, 1.165) is 0 Å². The fraction of sp³-hybridized carbons (Fsp3) is 0.909. The van der Waals surface area contributed by atoms with E-state index in [0.29, 0.717) is 0 Å². The summed E-state index contributed by atoms with van der Waals surface area (Å²) in [7, 11) is 0. The van der Waals surface area contributed by atoms with Crippen LogP contribution in [0.2, 0.25) is 0 Å². The van der Waals surface area contributed by atoms with Gasteiger partial charge in [-0.3, -0.25) is 0 Å². The van der Waals surface area contributed by atoms with Crippen molar-refractivity contribution in [1.29, 1.82) is 0 Å². The molecule has 0 radical (unpaired) electrons. The van der Waals surface area contributed by atoms with Crippen molar-refractivity contribution in [3.8, 4) is 0 Å². The summed E-state index contributed by atoms with van der Waals surface area (Å²) in [5.41, 5.74) is -2.01. The van der Waals surface area contributed by atoms with Gasteiger partial charge in [-0.1, -0.05) is 0 Å². The second-order valence-corrected chi connectivity index (χ2v) is 4.68. The number of carbonyl (C=O) groups excluding carboxylic acids is 1. The van der Waals surface area contributed by atoms with Gasteiger partial charge in [-0.25, -0.2) is 4.79 Å². The van der Waals surface area contributed by atoms with E-state index in [2.05, 4.69) is 0 Å². The minimum absolute atomic E-state index is 0.115. The average molecular weight is 248 g/mol. The molecule has 0 spiro atoms. The number of aliphatic hydroxyl groups excluding tert-OH is 1. The summed E-state index contributed by atoms with van der Waals surface area (Å²) in [6.07, 6.45) is -2.16. The Morgan fingerprint density at radius 2 is 2.24 bits per heavy atom. The molecule has 2 N–H and O–H groups in total. The van der Waals surface area contributed by atoms with Crippen molar-refractivity contribution < 1.29 is 29.2 Å². The number of hydrogen-bond donors (Lipinski definition) is 2. The topological polar surface area (TPSA) is 85.2 Å². The van der Waals surface area contributed by atoms with Crippen molar-refractivity contribution in [3.63, 3.8) is 0 Å². The van der Waals surface area contributed by atoms with Gasteiger partial charge in [-0.15, -0.1) is 0 Å². The first-order chi connectivity index (χ1) is 7.70. The highest BCUT2D eigenvalue weighted by molar-refractivity contribution is 5.79. The highest BCUT2D eigenvalue weighted by Gasteiger charge is 2.48. The largest absolute Gasteiger partial charge is 0.464 e. The highest BCUT2D eigenvalue weighted by Crippen LogP contribution is 2.28. The smallest absolute Gasteiger partial charge is 0.340 e. The van der Waals surface area contributed by atoms with Crippen molar-refractivity contribution in [2.75, 3.05) is 13.2 Å². The van der Waals surface area contributed by atoms with E-state index >= 15 is 0 Å². The Balaban J connectivity index is 2.69. The Morgan fingerprint density at radius 1 is 1.65 bits per heavy atom. The average Bonchev–Trinajstić information content (AvgIpc) is 2.58. The molecule has 0 aromatic rings. The van der Waals surface area contributed by atoms with Gasteiger partial charge in [0.25, 0.3) is 0 Å². The van der Waals surface area contributed by atoms with Crippen molar-refractivity contribution in [1.82, 2.24) is 0 Å². The third kappa shape index (κ3) is 3.16. The predicted molar refractivity (Wildman–Crippen MR) is 58.2 cm³/mol. The van der Waals surface area contributed by atoms with Crippen LogP contribution in [0.3, 0.4) is 0 Å². The molecule has 100 valence electrons. The van der Waals surface area contributed by atoms with Gasteiger partial charge in [-0.05, 0) is 27.7 Å². The molecule has 1 saturated heterocycles. The van der Waals surface area contributed by atoms with E-state index < -0.39 is 29.6 Å². The zero-order valence-electron chi connectivity index (χ0n) is 10.6. The van der Waals surface area contributed by atoms with Gasteiger partial charge in [0.1, 0.15) is 12.2 Å². The summed E-state index contributed by atoms with van der Waals surface area (Å²) < 4.78 is 15.3. The number of ether oxygens (including phenoxy) is 3. The fourth-order valence-electron chi connectivity index (χ4n) is 1.63. The molecule has 0 bridgehead atoms. The van der Waals surface area contributed by atoms with Crippen LogP contribution < -0.4 is 0 Å². The Labute approximate surface area is 100 Å². The molecule has 0 amide bonds. The summed E-state index contributed by atoms with van der Waals surface area (Å²) in [4.78, 5) is 11.5. The molecule has 3 unspecified atom stereocenters. The minimum Gasteiger partial charge on any atom is -0.464 e. The van der Waals surface area contributed by atoms with Crippen molar-refractivity contribution >= 4 is 5.97 Å². The van der Waals surface area contributed by atoms with Gasteiger partial charge < -0.3 is 24.4 Å². The molecule has 0 aromatic heterocycles. The van der Waals surface area contributed by atoms with E-state index in [1.807, 2.05) is 0 Å². The maximum atomic E-state index is 11.5. The Hall–Kier alpha value is -0.690. The molecule has 1 aliphatic heterocycles. The lowest BCUT2D eigenvalue weighted by atomic mass is 9.95. The van der Waals surface area contributed by atoms with Gasteiger partial charge in [-0.2, -0.15) is 0 Å². The zero-order valence-corrected chi connectivity index (χ0v) is 10.6. The molecule has 1 rings (SSSR count). The molecule has 0 saturated carbocycles. The third-order valence-electron chi connectivity index (χ3n) is 2.65. The van der Waals surface area contributed by atoms with Gasteiger partial charge in [0, 0.05) is 0 Å². The molecule has 1 heterocycles. The fourth-order valence-corrected chi connectivity index (χ4v) is 1.63. The van der Waals surface area contributed by atoms with Crippen LogP contribution in [0, 0.1) is 0 Å². The molecular formula is C11H20O6. The van der Waals surface area contributed by atoms with Gasteiger partial charge in [0.2, 0.25) is 0 Å². The number of esters is 1. The lowest BCUT2D eigenvalue weighted by molar-refractivity contribution is -0.195. The SMILES string of the molecule is CCOC(=O)C(C)(O)C(O)C1COC(C)(C)O1. The van der Waals surface area contributed by atoms with Crippen molar-refractivity contribution in [3.05, 3.63) is 0 Å². The van der Waals surface area contributed by atoms with Crippen LogP contribution in [0.15, 0.2) is 0 Å². The van der Waals surface area contributed by atoms with Gasteiger partial charge in [0.05, 0.1) is 13.2 Å². The summed E-state index contributed by atoms with van der Waals surface area (Å²) in [5, 5.41) is 19.9. The lowest BCUT2D eigenvalue weighted by Gasteiger charge is -2.30. The Bertz CT molecular complexity index is 286. The second kappa shape index (κ2) is 4.89. The number of hydrogen-bond acceptors (Lipinski definition) is 6. The normalized spacial score (nSPS) is 28.5. The maximum Gasteiger partial charge on any atom is 0.340 e. The molecular weight excluding hydrogens is 228 g/mol. The minimum atomic E-state index is -2.01. The van der Waals surface area contributed by atoms with E-state index in [1.54, 1.807) is 20.8 Å². The number of carbonyl (C=O) groups is 1. The van der Waals surface area contributed by atoms with E-state index in [1.165, 1.54) is 6.92 Å². The number of aliphatic hydroxyl groups is 2. The second-order valence-electron chi connectivity index (χ2n) is 4.68. The molecule has 0 aromatic carbocycles. The quantitative estimate of drug-likeness (QED) is 0.671. The molecule has 6 nitrogen and oxygen atoms in total. The molecule has 1 aliphatic rings. The summed E-state index contributed by atoms with van der Waals surface area (Å²) in [6.45, 7) is 6.46. The van der Waals surface area contributed by atoms with Crippen LogP contribution in [0.25, 0.3) is 0 Å². The van der Waals surface area contributed by atoms with Gasteiger partial charge in [0.15, 0.2) is 11.4 Å². The molecule has 3 atom stereocenters. The van der Waals surface area contributed by atoms with Crippen LogP contribution in [0.1, 0.15) is 27.7 Å². The maximum absolute atomic E-state index is 11.5. The highest BCUT2D eigenvalue weighted by atomic mass is 16.7. The van der Waals surface area contributed by atoms with Gasteiger partial charge >= 0.3 is 5.97 Å². The first kappa shape index (κ1) is 14.4. The monoisotopic (exact) mass is 248 g/mol.